The maximum absolute atomic E-state index is 13.1. The van der Waals surface area contributed by atoms with E-state index in [1.165, 1.54) is 21.3 Å². The van der Waals surface area contributed by atoms with Crippen molar-refractivity contribution in [3.8, 4) is 0 Å². The molecule has 0 aliphatic heterocycles. The third-order valence-electron chi connectivity index (χ3n) is 5.34. The van der Waals surface area contributed by atoms with Gasteiger partial charge in [0.25, 0.3) is 11.2 Å². The van der Waals surface area contributed by atoms with Crippen molar-refractivity contribution in [3.05, 3.63) is 103 Å². The van der Waals surface area contributed by atoms with Crippen LogP contribution < -0.4 is 11.2 Å². The van der Waals surface area contributed by atoms with E-state index in [0.717, 1.165) is 11.1 Å². The van der Waals surface area contributed by atoms with E-state index in [0.29, 0.717) is 49.3 Å². The van der Waals surface area contributed by atoms with Crippen LogP contribution in [0.15, 0.2) is 64.2 Å². The zero-order chi connectivity index (χ0) is 22.7. The van der Waals surface area contributed by atoms with E-state index in [1.54, 1.807) is 12.1 Å². The van der Waals surface area contributed by atoms with E-state index < -0.39 is 10.6 Å². The second kappa shape index (κ2) is 9.01. The molecule has 32 heavy (non-hydrogen) atoms. The van der Waals surface area contributed by atoms with Crippen molar-refractivity contribution in [3.63, 3.8) is 0 Å². The molecule has 4 aromatic rings. The minimum Gasteiger partial charge on any atom is -0.336 e. The smallest absolute Gasteiger partial charge is 0.332 e. The summed E-state index contributed by atoms with van der Waals surface area (Å²) in [5.41, 5.74) is 1.79. The Morgan fingerprint density at radius 1 is 0.969 bits per heavy atom. The molecule has 4 rings (SSSR count). The first kappa shape index (κ1) is 21.2. The molecular weight excluding hydrogens is 410 g/mol. The van der Waals surface area contributed by atoms with Gasteiger partial charge in [-0.1, -0.05) is 49.4 Å². The first-order valence-electron chi connectivity index (χ1n) is 10.5. The average Bonchev–Trinajstić information content (AvgIpc) is 3.21. The number of hydrogen-bond donors (Lipinski definition) is 1. The standard InChI is InChI=1S/C23H23N5O4/c1-2-13-27-22(29)20-21(25-19(24-20)15-17-6-4-3-5-7-17)26(23(27)30)14-12-16-8-10-18(11-9-16)28(31)32/h3-11H,2,12-15H2,1H3,(H,24,25). The average molecular weight is 433 g/mol. The molecule has 2 aromatic carbocycles. The van der Waals surface area contributed by atoms with Gasteiger partial charge in [0.05, 0.1) is 4.92 Å². The Labute approximate surface area is 183 Å². The Kier molecular flexibility index (Phi) is 5.98. The van der Waals surface area contributed by atoms with Crippen molar-refractivity contribution in [1.82, 2.24) is 19.1 Å². The number of hydrogen-bond acceptors (Lipinski definition) is 5. The number of nitro groups is 1. The Morgan fingerprint density at radius 3 is 2.34 bits per heavy atom. The monoisotopic (exact) mass is 433 g/mol. The lowest BCUT2D eigenvalue weighted by Crippen LogP contribution is -2.40. The SMILES string of the molecule is CCCn1c(=O)c2[nH]c(Cc3ccccc3)nc2n(CCc2ccc([N+](=O)[O-])cc2)c1=O. The third-order valence-corrected chi connectivity index (χ3v) is 5.34. The number of H-pyrrole nitrogens is 1. The lowest BCUT2D eigenvalue weighted by molar-refractivity contribution is -0.384. The maximum Gasteiger partial charge on any atom is 0.332 e. The molecule has 0 fully saturated rings. The molecule has 9 nitrogen and oxygen atoms in total. The van der Waals surface area contributed by atoms with Crippen LogP contribution in [0.2, 0.25) is 0 Å². The molecule has 0 bridgehead atoms. The quantitative estimate of drug-likeness (QED) is 0.339. The number of nitrogens with one attached hydrogen (secondary N) is 1. The molecule has 164 valence electrons. The number of aromatic amines is 1. The fourth-order valence-corrected chi connectivity index (χ4v) is 3.73. The third kappa shape index (κ3) is 4.22. The minimum atomic E-state index is -0.448. The summed E-state index contributed by atoms with van der Waals surface area (Å²) >= 11 is 0. The zero-order valence-corrected chi connectivity index (χ0v) is 17.7. The van der Waals surface area contributed by atoms with Gasteiger partial charge in [-0.15, -0.1) is 0 Å². The van der Waals surface area contributed by atoms with E-state index in [1.807, 2.05) is 37.3 Å². The first-order valence-corrected chi connectivity index (χ1v) is 10.5. The van der Waals surface area contributed by atoms with Crippen molar-refractivity contribution >= 4 is 16.9 Å². The Morgan fingerprint density at radius 2 is 1.69 bits per heavy atom. The van der Waals surface area contributed by atoms with E-state index >= 15 is 0 Å². The summed E-state index contributed by atoms with van der Waals surface area (Å²) in [7, 11) is 0. The number of aryl methyl sites for hydroxylation is 2. The minimum absolute atomic E-state index is 0.0163. The second-order valence-corrected chi connectivity index (χ2v) is 7.61. The van der Waals surface area contributed by atoms with Crippen molar-refractivity contribution in [1.29, 1.82) is 0 Å². The van der Waals surface area contributed by atoms with E-state index in [-0.39, 0.29) is 11.2 Å². The second-order valence-electron chi connectivity index (χ2n) is 7.61. The van der Waals surface area contributed by atoms with Gasteiger partial charge in [-0.2, -0.15) is 0 Å². The van der Waals surface area contributed by atoms with Crippen LogP contribution in [0.25, 0.3) is 11.2 Å². The van der Waals surface area contributed by atoms with Gasteiger partial charge in [-0.25, -0.2) is 9.78 Å². The van der Waals surface area contributed by atoms with E-state index in [2.05, 4.69) is 9.97 Å². The largest absolute Gasteiger partial charge is 0.336 e. The molecule has 0 saturated carbocycles. The summed E-state index contributed by atoms with van der Waals surface area (Å²) < 4.78 is 2.75. The van der Waals surface area contributed by atoms with Crippen molar-refractivity contribution in [2.75, 3.05) is 0 Å². The number of fused-ring (bicyclic) bond motifs is 1. The van der Waals surface area contributed by atoms with Crippen LogP contribution in [0, 0.1) is 10.1 Å². The molecule has 0 atom stereocenters. The highest BCUT2D eigenvalue weighted by Gasteiger charge is 2.17. The van der Waals surface area contributed by atoms with E-state index in [4.69, 9.17) is 0 Å². The van der Waals surface area contributed by atoms with Crippen molar-refractivity contribution < 1.29 is 4.92 Å². The van der Waals surface area contributed by atoms with Crippen LogP contribution in [0.3, 0.4) is 0 Å². The lowest BCUT2D eigenvalue weighted by Gasteiger charge is -2.10. The molecule has 2 heterocycles. The molecule has 0 aliphatic carbocycles. The van der Waals surface area contributed by atoms with Gasteiger partial charge in [0.1, 0.15) is 11.3 Å². The van der Waals surface area contributed by atoms with Crippen LogP contribution in [0.1, 0.15) is 30.3 Å². The number of aromatic nitrogens is 4. The van der Waals surface area contributed by atoms with Crippen LogP contribution in [-0.4, -0.2) is 24.0 Å². The molecule has 0 radical (unpaired) electrons. The number of nitro benzene ring substituents is 1. The van der Waals surface area contributed by atoms with Gasteiger partial charge in [0.2, 0.25) is 0 Å². The molecule has 0 saturated heterocycles. The number of imidazole rings is 1. The summed E-state index contributed by atoms with van der Waals surface area (Å²) in [6.45, 7) is 2.52. The maximum atomic E-state index is 13.1. The Bertz CT molecular complexity index is 1370. The van der Waals surface area contributed by atoms with Crippen molar-refractivity contribution in [2.45, 2.75) is 39.3 Å². The van der Waals surface area contributed by atoms with Gasteiger partial charge in [0, 0.05) is 31.6 Å². The van der Waals surface area contributed by atoms with Gasteiger partial charge >= 0.3 is 5.69 Å². The number of rotatable bonds is 8. The fourth-order valence-electron chi connectivity index (χ4n) is 3.73. The fraction of sp³-hybridized carbons (Fsp3) is 0.261. The van der Waals surface area contributed by atoms with Gasteiger partial charge in [-0.3, -0.25) is 24.0 Å². The van der Waals surface area contributed by atoms with Crippen molar-refractivity contribution in [2.24, 2.45) is 0 Å². The molecule has 9 heteroatoms. The lowest BCUT2D eigenvalue weighted by atomic mass is 10.1. The van der Waals surface area contributed by atoms with Crippen LogP contribution in [0.5, 0.6) is 0 Å². The highest BCUT2D eigenvalue weighted by molar-refractivity contribution is 5.70. The summed E-state index contributed by atoms with van der Waals surface area (Å²) in [6, 6.07) is 16.0. The highest BCUT2D eigenvalue weighted by Crippen LogP contribution is 2.14. The van der Waals surface area contributed by atoms with E-state index in [9.17, 15) is 19.7 Å². The summed E-state index contributed by atoms with van der Waals surface area (Å²) in [5.74, 6) is 0.612. The van der Waals surface area contributed by atoms with Gasteiger partial charge in [0.15, 0.2) is 5.65 Å². The molecule has 0 unspecified atom stereocenters. The normalized spacial score (nSPS) is 11.2. The summed E-state index contributed by atoms with van der Waals surface area (Å²) in [4.78, 5) is 44.2. The molecule has 0 amide bonds. The summed E-state index contributed by atoms with van der Waals surface area (Å²) in [5, 5.41) is 10.9. The van der Waals surface area contributed by atoms with Crippen LogP contribution in [-0.2, 0) is 25.9 Å². The molecule has 0 spiro atoms. The molecule has 1 N–H and O–H groups in total. The summed E-state index contributed by atoms with van der Waals surface area (Å²) in [6.07, 6.45) is 1.63. The number of nitrogens with zero attached hydrogens (tertiary/aromatic N) is 4. The predicted octanol–water partition coefficient (Wildman–Crippen LogP) is 3.04. The van der Waals surface area contributed by atoms with Gasteiger partial charge < -0.3 is 4.98 Å². The first-order chi connectivity index (χ1) is 15.5. The Hall–Kier alpha value is -4.01. The molecule has 0 aliphatic rings. The number of non-ortho nitro benzene ring substituents is 1. The predicted molar refractivity (Wildman–Crippen MR) is 121 cm³/mol. The topological polar surface area (TPSA) is 116 Å². The zero-order valence-electron chi connectivity index (χ0n) is 17.7. The Balaban J connectivity index is 1.72. The highest BCUT2D eigenvalue weighted by atomic mass is 16.6. The van der Waals surface area contributed by atoms with Crippen LogP contribution in [0.4, 0.5) is 5.69 Å². The molecular formula is C23H23N5O4. The van der Waals surface area contributed by atoms with Gasteiger partial charge in [-0.05, 0) is 24.0 Å². The number of benzene rings is 2. The van der Waals surface area contributed by atoms with Crippen LogP contribution >= 0.6 is 0 Å². The molecule has 2 aromatic heterocycles.